The quantitative estimate of drug-likeness (QED) is 0.0262. The van der Waals surface area contributed by atoms with Crippen LogP contribution in [0.15, 0.2) is 48.6 Å². The number of carbonyl (C=O) groups excluding carboxylic acids is 3. The lowest BCUT2D eigenvalue weighted by Gasteiger charge is -2.18. The monoisotopic (exact) mass is 939 g/mol. The van der Waals surface area contributed by atoms with Crippen molar-refractivity contribution in [2.45, 2.75) is 309 Å². The average Bonchev–Trinajstić information content (AvgIpc) is 3.33. The third-order valence-electron chi connectivity index (χ3n) is 12.8. The smallest absolute Gasteiger partial charge is 0.306 e. The van der Waals surface area contributed by atoms with E-state index >= 15 is 0 Å². The summed E-state index contributed by atoms with van der Waals surface area (Å²) in [6.45, 7) is 6.60. The van der Waals surface area contributed by atoms with Crippen molar-refractivity contribution in [2.75, 3.05) is 13.2 Å². The molecule has 390 valence electrons. The number of hydrogen-bond donors (Lipinski definition) is 0. The van der Waals surface area contributed by atoms with Crippen LogP contribution in [0.2, 0.25) is 0 Å². The molecule has 0 saturated carbocycles. The second-order valence-electron chi connectivity index (χ2n) is 19.5. The molecule has 67 heavy (non-hydrogen) atoms. The molecule has 1 atom stereocenters. The van der Waals surface area contributed by atoms with Gasteiger partial charge in [0.1, 0.15) is 13.2 Å². The molecule has 0 N–H and O–H groups in total. The summed E-state index contributed by atoms with van der Waals surface area (Å²) in [5.41, 5.74) is 0. The predicted octanol–water partition coefficient (Wildman–Crippen LogP) is 19.4. The van der Waals surface area contributed by atoms with E-state index in [4.69, 9.17) is 14.2 Å². The molecule has 0 aromatic carbocycles. The van der Waals surface area contributed by atoms with E-state index in [1.807, 2.05) is 0 Å². The molecule has 0 spiro atoms. The molecule has 0 aliphatic heterocycles. The van der Waals surface area contributed by atoms with Crippen molar-refractivity contribution in [1.82, 2.24) is 0 Å². The minimum atomic E-state index is -0.784. The number of esters is 3. The van der Waals surface area contributed by atoms with Crippen LogP contribution in [0, 0.1) is 0 Å². The summed E-state index contributed by atoms with van der Waals surface area (Å²) in [4.78, 5) is 38.1. The van der Waals surface area contributed by atoms with Crippen LogP contribution in [-0.4, -0.2) is 37.2 Å². The van der Waals surface area contributed by atoms with Crippen molar-refractivity contribution in [2.24, 2.45) is 0 Å². The first-order chi connectivity index (χ1) is 33.0. The van der Waals surface area contributed by atoms with Gasteiger partial charge in [-0.15, -0.1) is 0 Å². The summed E-state index contributed by atoms with van der Waals surface area (Å²) in [6.07, 6.45) is 68.1. The molecule has 0 radical (unpaired) electrons. The lowest BCUT2D eigenvalue weighted by Crippen LogP contribution is -2.30. The Morgan fingerprint density at radius 1 is 0.299 bits per heavy atom. The Balaban J connectivity index is 4.37. The normalized spacial score (nSPS) is 12.3. The van der Waals surface area contributed by atoms with Crippen molar-refractivity contribution in [1.29, 1.82) is 0 Å². The lowest BCUT2D eigenvalue weighted by atomic mass is 10.1. The first-order valence-corrected chi connectivity index (χ1v) is 29.1. The van der Waals surface area contributed by atoms with Gasteiger partial charge in [-0.25, -0.2) is 0 Å². The number of ether oxygens (including phenoxy) is 3. The van der Waals surface area contributed by atoms with Gasteiger partial charge in [-0.3, -0.25) is 14.4 Å². The molecule has 0 unspecified atom stereocenters. The molecule has 0 bridgehead atoms. The fourth-order valence-corrected chi connectivity index (χ4v) is 8.33. The number of hydrogen-bond acceptors (Lipinski definition) is 6. The average molecular weight is 940 g/mol. The molecule has 0 aliphatic rings. The Labute approximate surface area is 416 Å². The molecule has 0 rings (SSSR count). The lowest BCUT2D eigenvalue weighted by molar-refractivity contribution is -0.167. The summed E-state index contributed by atoms with van der Waals surface area (Å²) < 4.78 is 16.9. The van der Waals surface area contributed by atoms with E-state index < -0.39 is 6.10 Å². The Bertz CT molecular complexity index is 1170. The van der Waals surface area contributed by atoms with Crippen LogP contribution in [0.25, 0.3) is 0 Å². The Morgan fingerprint density at radius 2 is 0.552 bits per heavy atom. The van der Waals surface area contributed by atoms with Crippen molar-refractivity contribution in [3.8, 4) is 0 Å². The first-order valence-electron chi connectivity index (χ1n) is 29.1. The minimum Gasteiger partial charge on any atom is -0.462 e. The zero-order valence-electron chi connectivity index (χ0n) is 44.7. The summed E-state index contributed by atoms with van der Waals surface area (Å²) in [5, 5.41) is 0. The number of unbranched alkanes of at least 4 members (excludes halogenated alkanes) is 34. The maximum absolute atomic E-state index is 12.8. The van der Waals surface area contributed by atoms with Crippen LogP contribution in [0.5, 0.6) is 0 Å². The number of rotatable bonds is 53. The molecule has 6 nitrogen and oxygen atoms in total. The fourth-order valence-electron chi connectivity index (χ4n) is 8.33. The number of carbonyl (C=O) groups is 3. The van der Waals surface area contributed by atoms with E-state index in [0.29, 0.717) is 19.3 Å². The van der Waals surface area contributed by atoms with Gasteiger partial charge in [-0.05, 0) is 96.3 Å². The van der Waals surface area contributed by atoms with Crippen LogP contribution >= 0.6 is 0 Å². The summed E-state index contributed by atoms with van der Waals surface area (Å²) in [5.74, 6) is -0.896. The first kappa shape index (κ1) is 64.4. The molecule has 0 fully saturated rings. The van der Waals surface area contributed by atoms with Crippen molar-refractivity contribution in [3.63, 3.8) is 0 Å². The SMILES string of the molecule is CCCC/C=C\C/C=C\CCCCCCCC(=O)OC[C@H](COC(=O)CCCCCCCCC/C=C\CCCCCCCCCC)OC(=O)CCCCCCC/C=C\CCCCCCCCC. The fraction of sp³-hybridized carbons (Fsp3) is 0.820. The van der Waals surface area contributed by atoms with Crippen LogP contribution in [0.3, 0.4) is 0 Å². The Kier molecular flexibility index (Phi) is 53.8. The van der Waals surface area contributed by atoms with Crippen molar-refractivity contribution < 1.29 is 28.6 Å². The van der Waals surface area contributed by atoms with Gasteiger partial charge in [-0.2, -0.15) is 0 Å². The zero-order valence-corrected chi connectivity index (χ0v) is 44.7. The van der Waals surface area contributed by atoms with Gasteiger partial charge < -0.3 is 14.2 Å². The predicted molar refractivity (Wildman–Crippen MR) is 289 cm³/mol. The van der Waals surface area contributed by atoms with Gasteiger partial charge in [0.2, 0.25) is 0 Å². The molecule has 0 amide bonds. The molecule has 0 heterocycles. The summed E-state index contributed by atoms with van der Waals surface area (Å²) in [7, 11) is 0. The molecule has 0 aromatic heterocycles. The molecule has 6 heteroatoms. The van der Waals surface area contributed by atoms with E-state index in [9.17, 15) is 14.4 Å². The van der Waals surface area contributed by atoms with Gasteiger partial charge in [-0.1, -0.05) is 236 Å². The standard InChI is InChI=1S/C61H110O6/c1-4-7-10-13-16-19-22-25-28-30-31-32-34-36-39-42-45-48-51-54-60(63)66-57-58(56-65-59(62)53-50-47-44-41-38-35-27-24-21-18-15-12-9-6-3)67-61(64)55-52-49-46-43-40-37-33-29-26-23-20-17-14-11-8-5-2/h15,18,24,27,29-31,33,58H,4-14,16-17,19-23,25-26,28,32,34-57H2,1-3H3/b18-15-,27-24-,31-30-,33-29-/t58-/m1/s1. The van der Waals surface area contributed by atoms with Gasteiger partial charge in [0.25, 0.3) is 0 Å². The second kappa shape index (κ2) is 56.0. The highest BCUT2D eigenvalue weighted by Crippen LogP contribution is 2.15. The molecular formula is C61H110O6. The van der Waals surface area contributed by atoms with Gasteiger partial charge in [0.05, 0.1) is 0 Å². The molecular weight excluding hydrogens is 829 g/mol. The van der Waals surface area contributed by atoms with Crippen LogP contribution in [0.1, 0.15) is 303 Å². The number of allylic oxidation sites excluding steroid dienone is 8. The van der Waals surface area contributed by atoms with Crippen LogP contribution in [-0.2, 0) is 28.6 Å². The van der Waals surface area contributed by atoms with Gasteiger partial charge >= 0.3 is 17.9 Å². The van der Waals surface area contributed by atoms with E-state index in [-0.39, 0.29) is 31.1 Å². The van der Waals surface area contributed by atoms with Gasteiger partial charge in [0, 0.05) is 19.3 Å². The second-order valence-corrected chi connectivity index (χ2v) is 19.5. The third kappa shape index (κ3) is 54.2. The zero-order chi connectivity index (χ0) is 48.6. The highest BCUT2D eigenvalue weighted by molar-refractivity contribution is 5.71. The Morgan fingerprint density at radius 3 is 0.881 bits per heavy atom. The van der Waals surface area contributed by atoms with E-state index in [2.05, 4.69) is 69.4 Å². The highest BCUT2D eigenvalue weighted by Gasteiger charge is 2.19. The molecule has 0 aromatic rings. The third-order valence-corrected chi connectivity index (χ3v) is 12.8. The van der Waals surface area contributed by atoms with Crippen LogP contribution in [0.4, 0.5) is 0 Å². The van der Waals surface area contributed by atoms with E-state index in [0.717, 1.165) is 89.9 Å². The maximum atomic E-state index is 12.8. The Hall–Kier alpha value is -2.63. The minimum absolute atomic E-state index is 0.0819. The van der Waals surface area contributed by atoms with Crippen molar-refractivity contribution in [3.05, 3.63) is 48.6 Å². The van der Waals surface area contributed by atoms with Crippen molar-refractivity contribution >= 4 is 17.9 Å². The largest absolute Gasteiger partial charge is 0.462 e. The summed E-state index contributed by atoms with van der Waals surface area (Å²) in [6, 6.07) is 0. The van der Waals surface area contributed by atoms with Crippen LogP contribution < -0.4 is 0 Å². The topological polar surface area (TPSA) is 78.9 Å². The van der Waals surface area contributed by atoms with E-state index in [1.54, 1.807) is 0 Å². The highest BCUT2D eigenvalue weighted by atomic mass is 16.6. The molecule has 0 saturated heterocycles. The van der Waals surface area contributed by atoms with Gasteiger partial charge in [0.15, 0.2) is 6.10 Å². The van der Waals surface area contributed by atoms with E-state index in [1.165, 1.54) is 173 Å². The summed E-state index contributed by atoms with van der Waals surface area (Å²) >= 11 is 0. The maximum Gasteiger partial charge on any atom is 0.306 e. The molecule has 0 aliphatic carbocycles.